The molecule has 1 unspecified atom stereocenters. The number of anilines is 1. The molecule has 0 bridgehead atoms. The number of hydrogen-bond donors (Lipinski definition) is 1. The van der Waals surface area contributed by atoms with Crippen LogP contribution in [0.2, 0.25) is 0 Å². The zero-order valence-corrected chi connectivity index (χ0v) is 22.8. The third-order valence-corrected chi connectivity index (χ3v) is 5.83. The van der Waals surface area contributed by atoms with Gasteiger partial charge < -0.3 is 24.4 Å². The van der Waals surface area contributed by atoms with E-state index in [1.165, 1.54) is 0 Å². The van der Waals surface area contributed by atoms with Crippen LogP contribution in [0.1, 0.15) is 67.5 Å². The molecular formula is C25H38N8O4. The second-order valence-electron chi connectivity index (χ2n) is 10.4. The van der Waals surface area contributed by atoms with Gasteiger partial charge in [0.15, 0.2) is 5.75 Å². The topological polar surface area (TPSA) is 121 Å². The molecule has 1 saturated heterocycles. The smallest absolute Gasteiger partial charge is 0.410 e. The number of nitrogens with zero attached hydrogens (tertiary/aromatic N) is 7. The lowest BCUT2D eigenvalue weighted by atomic mass is 10.1. The fourth-order valence-corrected chi connectivity index (χ4v) is 4.14. The van der Waals surface area contributed by atoms with Crippen molar-refractivity contribution in [3.8, 4) is 17.0 Å². The summed E-state index contributed by atoms with van der Waals surface area (Å²) in [6, 6.07) is 0.135. The van der Waals surface area contributed by atoms with Gasteiger partial charge in [-0.2, -0.15) is 14.6 Å². The first-order valence-corrected chi connectivity index (χ1v) is 12.9. The summed E-state index contributed by atoms with van der Waals surface area (Å²) in [5.74, 6) is 1.03. The average Bonchev–Trinajstić information content (AvgIpc) is 3.46. The van der Waals surface area contributed by atoms with Crippen LogP contribution in [-0.2, 0) is 9.47 Å². The summed E-state index contributed by atoms with van der Waals surface area (Å²) in [5.41, 5.74) is 1.51. The van der Waals surface area contributed by atoms with Crippen LogP contribution in [0.15, 0.2) is 18.7 Å². The number of fused-ring (bicyclic) bond motifs is 1. The molecule has 4 rings (SSSR count). The van der Waals surface area contributed by atoms with Gasteiger partial charge in [0.25, 0.3) is 0 Å². The number of aromatic nitrogens is 6. The van der Waals surface area contributed by atoms with Gasteiger partial charge in [-0.15, -0.1) is 5.10 Å². The predicted octanol–water partition coefficient (Wildman–Crippen LogP) is 4.14. The number of nitrogens with one attached hydrogen (secondary N) is 1. The molecule has 1 fully saturated rings. The molecule has 202 valence electrons. The van der Waals surface area contributed by atoms with E-state index in [0.29, 0.717) is 42.7 Å². The predicted molar refractivity (Wildman–Crippen MR) is 139 cm³/mol. The van der Waals surface area contributed by atoms with Crippen LogP contribution in [0.25, 0.3) is 16.9 Å². The lowest BCUT2D eigenvalue weighted by Crippen LogP contribution is -2.44. The summed E-state index contributed by atoms with van der Waals surface area (Å²) in [5, 5.41) is 12.4. The van der Waals surface area contributed by atoms with Crippen LogP contribution < -0.4 is 10.1 Å². The van der Waals surface area contributed by atoms with E-state index in [-0.39, 0.29) is 24.5 Å². The normalized spacial score (nSPS) is 15.8. The average molecular weight is 515 g/mol. The number of likely N-dealkylation sites (tertiary alicyclic amines) is 1. The molecule has 1 amide bonds. The Morgan fingerprint density at radius 1 is 1.22 bits per heavy atom. The van der Waals surface area contributed by atoms with Crippen LogP contribution in [0.3, 0.4) is 0 Å². The fourth-order valence-electron chi connectivity index (χ4n) is 4.14. The first-order valence-electron chi connectivity index (χ1n) is 12.9. The Balaban J connectivity index is 1.52. The van der Waals surface area contributed by atoms with E-state index >= 15 is 0 Å². The molecule has 1 aliphatic rings. The summed E-state index contributed by atoms with van der Waals surface area (Å²) in [6.45, 7) is 15.2. The number of carbonyl (C=O) groups is 1. The summed E-state index contributed by atoms with van der Waals surface area (Å²) < 4.78 is 20.7. The van der Waals surface area contributed by atoms with Crippen LogP contribution in [0, 0.1) is 0 Å². The largest absolute Gasteiger partial charge is 0.485 e. The van der Waals surface area contributed by atoms with Gasteiger partial charge in [0.1, 0.15) is 23.9 Å². The summed E-state index contributed by atoms with van der Waals surface area (Å²) in [4.78, 5) is 23.5. The van der Waals surface area contributed by atoms with E-state index < -0.39 is 5.60 Å². The van der Waals surface area contributed by atoms with Crippen molar-refractivity contribution >= 4 is 17.7 Å². The minimum Gasteiger partial charge on any atom is -0.485 e. The third kappa shape index (κ3) is 6.48. The maximum atomic E-state index is 12.4. The SMILES string of the molecule is CCOC(C)n1cc(-c2ncn3nc(NC4CCN(C(=O)OC(C)(C)C)CC4)nc3c2OC(C)C)cn1. The van der Waals surface area contributed by atoms with Gasteiger partial charge in [-0.3, -0.25) is 0 Å². The van der Waals surface area contributed by atoms with Gasteiger partial charge in [0.05, 0.1) is 12.3 Å². The molecule has 12 heteroatoms. The molecule has 3 aromatic rings. The molecule has 1 N–H and O–H groups in total. The second kappa shape index (κ2) is 10.9. The highest BCUT2D eigenvalue weighted by molar-refractivity contribution is 5.74. The molecule has 1 aliphatic heterocycles. The van der Waals surface area contributed by atoms with Crippen LogP contribution in [0.5, 0.6) is 5.75 Å². The number of amides is 1. The number of rotatable bonds is 8. The van der Waals surface area contributed by atoms with Crippen molar-refractivity contribution in [2.24, 2.45) is 0 Å². The molecule has 4 heterocycles. The van der Waals surface area contributed by atoms with Crippen molar-refractivity contribution in [3.63, 3.8) is 0 Å². The molecule has 37 heavy (non-hydrogen) atoms. The highest BCUT2D eigenvalue weighted by Gasteiger charge is 2.28. The molecule has 0 saturated carbocycles. The monoisotopic (exact) mass is 514 g/mol. The Hall–Kier alpha value is -3.41. The molecule has 0 aromatic carbocycles. The summed E-state index contributed by atoms with van der Waals surface area (Å²) in [6.07, 6.45) is 6.25. The van der Waals surface area contributed by atoms with E-state index in [1.54, 1.807) is 26.6 Å². The number of carbonyl (C=O) groups excluding carboxylic acids is 1. The van der Waals surface area contributed by atoms with Crippen molar-refractivity contribution in [1.29, 1.82) is 0 Å². The molecule has 12 nitrogen and oxygen atoms in total. The van der Waals surface area contributed by atoms with E-state index in [0.717, 1.165) is 18.4 Å². The van der Waals surface area contributed by atoms with Gasteiger partial charge in [-0.1, -0.05) is 0 Å². The van der Waals surface area contributed by atoms with Crippen molar-refractivity contribution < 1.29 is 19.0 Å². The van der Waals surface area contributed by atoms with Gasteiger partial charge in [0, 0.05) is 37.5 Å². The zero-order valence-electron chi connectivity index (χ0n) is 22.8. The van der Waals surface area contributed by atoms with Crippen molar-refractivity contribution in [2.75, 3.05) is 25.0 Å². The highest BCUT2D eigenvalue weighted by Crippen LogP contribution is 2.33. The van der Waals surface area contributed by atoms with E-state index in [2.05, 4.69) is 20.5 Å². The molecule has 0 spiro atoms. The lowest BCUT2D eigenvalue weighted by Gasteiger charge is -2.33. The first-order chi connectivity index (χ1) is 17.5. The quantitative estimate of drug-likeness (QED) is 0.473. The Kier molecular flexibility index (Phi) is 7.86. The molecule has 1 atom stereocenters. The van der Waals surface area contributed by atoms with E-state index in [4.69, 9.17) is 19.2 Å². The fraction of sp³-hybridized carbons (Fsp3) is 0.640. The number of ether oxygens (including phenoxy) is 3. The minimum atomic E-state index is -0.504. The summed E-state index contributed by atoms with van der Waals surface area (Å²) >= 11 is 0. The van der Waals surface area contributed by atoms with Gasteiger partial charge in [-0.25, -0.2) is 14.5 Å². The number of hydrogen-bond acceptors (Lipinski definition) is 9. The molecule has 0 aliphatic carbocycles. The molecule has 0 radical (unpaired) electrons. The molecular weight excluding hydrogens is 476 g/mol. The maximum Gasteiger partial charge on any atom is 0.410 e. The number of piperidine rings is 1. The second-order valence-corrected chi connectivity index (χ2v) is 10.4. The lowest BCUT2D eigenvalue weighted by molar-refractivity contribution is 0.0159. The van der Waals surface area contributed by atoms with E-state index in [1.807, 2.05) is 54.7 Å². The van der Waals surface area contributed by atoms with Crippen molar-refractivity contribution in [3.05, 3.63) is 18.7 Å². The van der Waals surface area contributed by atoms with Gasteiger partial charge >= 0.3 is 6.09 Å². The van der Waals surface area contributed by atoms with Crippen molar-refractivity contribution in [2.45, 2.75) is 85.3 Å². The van der Waals surface area contributed by atoms with E-state index in [9.17, 15) is 4.79 Å². The van der Waals surface area contributed by atoms with Crippen molar-refractivity contribution in [1.82, 2.24) is 34.3 Å². The van der Waals surface area contributed by atoms with Gasteiger partial charge in [0.2, 0.25) is 11.6 Å². The highest BCUT2D eigenvalue weighted by atomic mass is 16.6. The van der Waals surface area contributed by atoms with Crippen LogP contribution in [0.4, 0.5) is 10.7 Å². The van der Waals surface area contributed by atoms with Crippen LogP contribution >= 0.6 is 0 Å². The Morgan fingerprint density at radius 2 is 1.95 bits per heavy atom. The zero-order chi connectivity index (χ0) is 26.7. The van der Waals surface area contributed by atoms with Gasteiger partial charge in [-0.05, 0) is 61.3 Å². The van der Waals surface area contributed by atoms with Crippen LogP contribution in [-0.4, -0.2) is 77.8 Å². The summed E-state index contributed by atoms with van der Waals surface area (Å²) in [7, 11) is 0. The Morgan fingerprint density at radius 3 is 2.59 bits per heavy atom. The Bertz CT molecular complexity index is 1210. The maximum absolute atomic E-state index is 12.4. The minimum absolute atomic E-state index is 0.0885. The first kappa shape index (κ1) is 26.6. The Labute approximate surface area is 217 Å². The third-order valence-electron chi connectivity index (χ3n) is 5.83. The molecule has 3 aromatic heterocycles. The standard InChI is InChI=1S/C25H38N8O4/c1-8-35-17(4)32-14-18(13-27-32)20-21(36-16(2)3)22-29-23(30-33(22)15-26-20)28-19-9-11-31(12-10-19)24(34)37-25(5,6)7/h13-17,19H,8-12H2,1-7H3,(H,28,30).